The molecule has 0 saturated carbocycles. The predicted octanol–water partition coefficient (Wildman–Crippen LogP) is 0.374. The average Bonchev–Trinajstić information content (AvgIpc) is 2.25. The Morgan fingerprint density at radius 3 is 2.93 bits per heavy atom. The van der Waals surface area contributed by atoms with Crippen LogP contribution in [0, 0.1) is 0 Å². The molecule has 4 N–H and O–H groups in total. The van der Waals surface area contributed by atoms with Gasteiger partial charge in [-0.15, -0.1) is 0 Å². The second kappa shape index (κ2) is 5.92. The SMILES string of the molecule is CCCN=C(NN)NC1(C)CCCOC1. The van der Waals surface area contributed by atoms with Crippen LogP contribution in [0.1, 0.15) is 33.1 Å². The van der Waals surface area contributed by atoms with Crippen LogP contribution in [0.5, 0.6) is 0 Å². The number of aliphatic imine (C=N–C) groups is 1. The van der Waals surface area contributed by atoms with Gasteiger partial charge >= 0.3 is 0 Å². The van der Waals surface area contributed by atoms with E-state index < -0.39 is 0 Å². The number of hydrogen-bond donors (Lipinski definition) is 3. The minimum Gasteiger partial charge on any atom is -0.379 e. The zero-order valence-corrected chi connectivity index (χ0v) is 9.68. The van der Waals surface area contributed by atoms with Gasteiger partial charge in [0.2, 0.25) is 5.96 Å². The Morgan fingerprint density at radius 1 is 1.60 bits per heavy atom. The van der Waals surface area contributed by atoms with Gasteiger partial charge in [0.05, 0.1) is 12.1 Å². The molecule has 1 rings (SSSR count). The Morgan fingerprint density at radius 2 is 2.40 bits per heavy atom. The fourth-order valence-corrected chi connectivity index (χ4v) is 1.66. The third-order valence-electron chi connectivity index (χ3n) is 2.49. The highest BCUT2D eigenvalue weighted by Crippen LogP contribution is 2.17. The summed E-state index contributed by atoms with van der Waals surface area (Å²) in [5, 5.41) is 3.31. The van der Waals surface area contributed by atoms with Crippen molar-refractivity contribution >= 4 is 5.96 Å². The van der Waals surface area contributed by atoms with Crippen molar-refractivity contribution in [3.8, 4) is 0 Å². The number of guanidine groups is 1. The van der Waals surface area contributed by atoms with Gasteiger partial charge in [-0.2, -0.15) is 0 Å². The quantitative estimate of drug-likeness (QED) is 0.275. The van der Waals surface area contributed by atoms with Crippen molar-refractivity contribution in [2.75, 3.05) is 19.8 Å². The first-order valence-electron chi connectivity index (χ1n) is 5.57. The molecule has 5 nitrogen and oxygen atoms in total. The van der Waals surface area contributed by atoms with Crippen LogP contribution in [0.4, 0.5) is 0 Å². The van der Waals surface area contributed by atoms with E-state index in [0.29, 0.717) is 12.6 Å². The van der Waals surface area contributed by atoms with E-state index in [-0.39, 0.29) is 5.54 Å². The highest BCUT2D eigenvalue weighted by Gasteiger charge is 2.28. The second-order valence-corrected chi connectivity index (χ2v) is 4.22. The Labute approximate surface area is 91.4 Å². The molecule has 0 aromatic heterocycles. The number of nitrogens with two attached hydrogens (primary N) is 1. The number of ether oxygens (including phenoxy) is 1. The molecule has 1 aliphatic rings. The minimum absolute atomic E-state index is 0.0444. The van der Waals surface area contributed by atoms with Crippen LogP contribution in [-0.2, 0) is 4.74 Å². The standard InChI is InChI=1S/C10H22N4O/c1-3-6-12-9(14-11)13-10(2)5-4-7-15-8-10/h3-8,11H2,1-2H3,(H2,12,13,14). The lowest BCUT2D eigenvalue weighted by atomic mass is 9.95. The van der Waals surface area contributed by atoms with Crippen LogP contribution in [0.2, 0.25) is 0 Å². The zero-order chi connectivity index (χ0) is 11.1. The zero-order valence-electron chi connectivity index (χ0n) is 9.68. The van der Waals surface area contributed by atoms with Crippen LogP contribution in [0.25, 0.3) is 0 Å². The smallest absolute Gasteiger partial charge is 0.206 e. The van der Waals surface area contributed by atoms with Gasteiger partial charge in [0.1, 0.15) is 0 Å². The topological polar surface area (TPSA) is 71.7 Å². The number of hydrazine groups is 1. The van der Waals surface area contributed by atoms with E-state index in [1.165, 1.54) is 0 Å². The fraction of sp³-hybridized carbons (Fsp3) is 0.900. The molecule has 1 unspecified atom stereocenters. The lowest BCUT2D eigenvalue weighted by Gasteiger charge is -2.35. The monoisotopic (exact) mass is 214 g/mol. The molecule has 1 atom stereocenters. The Balaban J connectivity index is 2.48. The third kappa shape index (κ3) is 4.05. The third-order valence-corrected chi connectivity index (χ3v) is 2.49. The maximum atomic E-state index is 5.45. The van der Waals surface area contributed by atoms with Gasteiger partial charge in [0, 0.05) is 13.2 Å². The first kappa shape index (κ1) is 12.3. The summed E-state index contributed by atoms with van der Waals surface area (Å²) >= 11 is 0. The molecule has 0 aromatic carbocycles. The molecule has 0 aliphatic carbocycles. The van der Waals surface area contributed by atoms with E-state index in [1.807, 2.05) is 0 Å². The lowest BCUT2D eigenvalue weighted by Crippen LogP contribution is -2.56. The van der Waals surface area contributed by atoms with Crippen molar-refractivity contribution < 1.29 is 4.74 Å². The molecular formula is C10H22N4O. The molecular weight excluding hydrogens is 192 g/mol. The summed E-state index contributed by atoms with van der Waals surface area (Å²) in [5.41, 5.74) is 2.55. The molecule has 1 saturated heterocycles. The van der Waals surface area contributed by atoms with Crippen LogP contribution >= 0.6 is 0 Å². The van der Waals surface area contributed by atoms with Gasteiger partial charge in [-0.1, -0.05) is 6.92 Å². The van der Waals surface area contributed by atoms with E-state index in [1.54, 1.807) is 0 Å². The molecule has 0 spiro atoms. The first-order chi connectivity index (χ1) is 7.20. The molecule has 1 fully saturated rings. The van der Waals surface area contributed by atoms with Crippen molar-refractivity contribution in [1.29, 1.82) is 0 Å². The number of rotatable bonds is 3. The Bertz CT molecular complexity index is 211. The molecule has 88 valence electrons. The van der Waals surface area contributed by atoms with E-state index in [0.717, 1.165) is 32.4 Å². The molecule has 1 heterocycles. The number of nitrogens with zero attached hydrogens (tertiary/aromatic N) is 1. The minimum atomic E-state index is -0.0444. The first-order valence-corrected chi connectivity index (χ1v) is 5.57. The predicted molar refractivity (Wildman–Crippen MR) is 61.5 cm³/mol. The van der Waals surface area contributed by atoms with E-state index in [9.17, 15) is 0 Å². The Hall–Kier alpha value is -0.810. The van der Waals surface area contributed by atoms with E-state index >= 15 is 0 Å². The summed E-state index contributed by atoms with van der Waals surface area (Å²) in [4.78, 5) is 4.31. The van der Waals surface area contributed by atoms with Gasteiger partial charge in [0.25, 0.3) is 0 Å². The van der Waals surface area contributed by atoms with Gasteiger partial charge in [-0.3, -0.25) is 10.4 Å². The van der Waals surface area contributed by atoms with Crippen LogP contribution in [0.15, 0.2) is 4.99 Å². The maximum absolute atomic E-state index is 5.45. The largest absolute Gasteiger partial charge is 0.379 e. The molecule has 0 amide bonds. The van der Waals surface area contributed by atoms with Crippen molar-refractivity contribution in [2.45, 2.75) is 38.6 Å². The highest BCUT2D eigenvalue weighted by atomic mass is 16.5. The average molecular weight is 214 g/mol. The van der Waals surface area contributed by atoms with Crippen molar-refractivity contribution in [1.82, 2.24) is 10.7 Å². The molecule has 5 heteroatoms. The molecule has 0 radical (unpaired) electrons. The summed E-state index contributed by atoms with van der Waals surface area (Å²) in [6.07, 6.45) is 3.18. The van der Waals surface area contributed by atoms with Gasteiger partial charge in [0.15, 0.2) is 0 Å². The maximum Gasteiger partial charge on any atom is 0.206 e. The highest BCUT2D eigenvalue weighted by molar-refractivity contribution is 5.79. The van der Waals surface area contributed by atoms with Gasteiger partial charge < -0.3 is 10.1 Å². The summed E-state index contributed by atoms with van der Waals surface area (Å²) in [7, 11) is 0. The summed E-state index contributed by atoms with van der Waals surface area (Å²) in [5.74, 6) is 6.06. The van der Waals surface area contributed by atoms with Crippen molar-refractivity contribution in [3.63, 3.8) is 0 Å². The van der Waals surface area contributed by atoms with Crippen LogP contribution in [-0.4, -0.2) is 31.3 Å². The number of hydrogen-bond acceptors (Lipinski definition) is 3. The lowest BCUT2D eigenvalue weighted by molar-refractivity contribution is 0.0367. The van der Waals surface area contributed by atoms with Crippen LogP contribution in [0.3, 0.4) is 0 Å². The van der Waals surface area contributed by atoms with Gasteiger partial charge in [-0.25, -0.2) is 5.84 Å². The summed E-state index contributed by atoms with van der Waals surface area (Å²) < 4.78 is 5.45. The van der Waals surface area contributed by atoms with Crippen molar-refractivity contribution in [2.24, 2.45) is 10.8 Å². The fourth-order valence-electron chi connectivity index (χ4n) is 1.66. The molecule has 0 aromatic rings. The molecule has 1 aliphatic heterocycles. The van der Waals surface area contributed by atoms with Crippen molar-refractivity contribution in [3.05, 3.63) is 0 Å². The Kier molecular flexibility index (Phi) is 4.84. The summed E-state index contributed by atoms with van der Waals surface area (Å²) in [6.45, 7) is 6.56. The van der Waals surface area contributed by atoms with Crippen LogP contribution < -0.4 is 16.6 Å². The second-order valence-electron chi connectivity index (χ2n) is 4.22. The normalized spacial score (nSPS) is 27.5. The molecule has 0 bridgehead atoms. The van der Waals surface area contributed by atoms with Gasteiger partial charge in [-0.05, 0) is 26.2 Å². The van der Waals surface area contributed by atoms with E-state index in [4.69, 9.17) is 10.6 Å². The number of nitrogens with one attached hydrogen (secondary N) is 2. The summed E-state index contributed by atoms with van der Waals surface area (Å²) in [6, 6.07) is 0. The van der Waals surface area contributed by atoms with E-state index in [2.05, 4.69) is 29.6 Å². The molecule has 15 heavy (non-hydrogen) atoms.